The lowest BCUT2D eigenvalue weighted by Crippen LogP contribution is -2.37. The van der Waals surface area contributed by atoms with Crippen LogP contribution in [0, 0.1) is 18.6 Å². The summed E-state index contributed by atoms with van der Waals surface area (Å²) >= 11 is 0. The van der Waals surface area contributed by atoms with Gasteiger partial charge in [0.2, 0.25) is 5.88 Å². The lowest BCUT2D eigenvalue weighted by atomic mass is 9.92. The van der Waals surface area contributed by atoms with Crippen molar-refractivity contribution in [1.82, 2.24) is 19.4 Å². The maximum atomic E-state index is 14.0. The van der Waals surface area contributed by atoms with Crippen LogP contribution in [0.25, 0.3) is 11.0 Å². The van der Waals surface area contributed by atoms with Gasteiger partial charge in [0.25, 0.3) is 0 Å². The van der Waals surface area contributed by atoms with Crippen molar-refractivity contribution in [3.63, 3.8) is 0 Å². The zero-order chi connectivity index (χ0) is 29.4. The number of aromatic carboxylic acids is 1. The molecule has 4 heterocycles. The van der Waals surface area contributed by atoms with E-state index in [0.29, 0.717) is 12.4 Å². The third kappa shape index (κ3) is 5.73. The first-order valence-corrected chi connectivity index (χ1v) is 14.4. The van der Waals surface area contributed by atoms with Crippen molar-refractivity contribution in [2.75, 3.05) is 19.7 Å². The van der Waals surface area contributed by atoms with E-state index in [1.54, 1.807) is 18.2 Å². The van der Waals surface area contributed by atoms with Crippen LogP contribution >= 0.6 is 0 Å². The lowest BCUT2D eigenvalue weighted by Gasteiger charge is -2.36. The van der Waals surface area contributed by atoms with Crippen LogP contribution in [0.5, 0.6) is 5.88 Å². The van der Waals surface area contributed by atoms with Crippen LogP contribution in [0.3, 0.4) is 0 Å². The second-order valence-electron chi connectivity index (χ2n) is 11.2. The standard InChI is InChI=1S/C32H34F2N4O4/c1-19-14-22(32(39)40)16-28-30(19)36-31(38(28)17-25-10-13-41-25)20(2)37-11-8-21(9-12-37)27-4-3-5-29(35-27)42-18-23-15-24(33)6-7-26(23)34/h3-7,14-16,20-21,25H,8-13,17-18H2,1-2H3,(H,39,40)/t20-,25?/m0/s1. The Morgan fingerprint density at radius 3 is 2.62 bits per heavy atom. The van der Waals surface area contributed by atoms with Gasteiger partial charge in [-0.1, -0.05) is 6.07 Å². The van der Waals surface area contributed by atoms with Crippen LogP contribution in [0.2, 0.25) is 0 Å². The monoisotopic (exact) mass is 576 g/mol. The van der Waals surface area contributed by atoms with E-state index in [-0.39, 0.29) is 35.8 Å². The van der Waals surface area contributed by atoms with Gasteiger partial charge in [-0.2, -0.15) is 0 Å². The maximum absolute atomic E-state index is 14.0. The number of carboxylic acids is 1. The number of pyridine rings is 1. The Morgan fingerprint density at radius 1 is 1.12 bits per heavy atom. The van der Waals surface area contributed by atoms with Crippen molar-refractivity contribution >= 4 is 17.0 Å². The summed E-state index contributed by atoms with van der Waals surface area (Å²) in [6.07, 6.45) is 2.87. The highest BCUT2D eigenvalue weighted by atomic mass is 19.1. The van der Waals surface area contributed by atoms with E-state index in [9.17, 15) is 18.7 Å². The number of fused-ring (bicyclic) bond motifs is 1. The average molecular weight is 577 g/mol. The minimum atomic E-state index is -0.950. The van der Waals surface area contributed by atoms with Gasteiger partial charge in [0.1, 0.15) is 24.1 Å². The van der Waals surface area contributed by atoms with E-state index < -0.39 is 17.6 Å². The Labute approximate surface area is 242 Å². The third-order valence-electron chi connectivity index (χ3n) is 8.50. The van der Waals surface area contributed by atoms with Crippen molar-refractivity contribution < 1.29 is 28.2 Å². The molecule has 0 aliphatic carbocycles. The number of carboxylic acid groups (broad SMARTS) is 1. The molecule has 10 heteroatoms. The van der Waals surface area contributed by atoms with Crippen LogP contribution < -0.4 is 4.74 Å². The molecule has 2 atom stereocenters. The first-order chi connectivity index (χ1) is 20.3. The van der Waals surface area contributed by atoms with Gasteiger partial charge in [-0.3, -0.25) is 4.90 Å². The second-order valence-corrected chi connectivity index (χ2v) is 11.2. The fraction of sp³-hybridized carbons (Fsp3) is 0.406. The molecule has 8 nitrogen and oxygen atoms in total. The Balaban J connectivity index is 1.16. The predicted octanol–water partition coefficient (Wildman–Crippen LogP) is 6.02. The van der Waals surface area contributed by atoms with Crippen molar-refractivity contribution in [2.24, 2.45) is 0 Å². The summed E-state index contributed by atoms with van der Waals surface area (Å²) in [6, 6.07) is 12.3. The van der Waals surface area contributed by atoms with Crippen molar-refractivity contribution in [2.45, 2.75) is 64.3 Å². The van der Waals surface area contributed by atoms with E-state index in [4.69, 9.17) is 14.5 Å². The molecule has 0 bridgehead atoms. The topological polar surface area (TPSA) is 89.7 Å². The van der Waals surface area contributed by atoms with E-state index >= 15 is 0 Å². The number of nitrogens with zero attached hydrogens (tertiary/aromatic N) is 4. The van der Waals surface area contributed by atoms with Gasteiger partial charge in [0, 0.05) is 29.8 Å². The van der Waals surface area contributed by atoms with Gasteiger partial charge in [0.05, 0.1) is 35.3 Å². The molecular weight excluding hydrogens is 542 g/mol. The van der Waals surface area contributed by atoms with Gasteiger partial charge < -0.3 is 19.1 Å². The molecular formula is C32H34F2N4O4. The fourth-order valence-corrected chi connectivity index (χ4v) is 5.97. The minimum Gasteiger partial charge on any atom is -0.478 e. The van der Waals surface area contributed by atoms with Crippen molar-refractivity contribution in [3.05, 3.63) is 88.4 Å². The Hall–Kier alpha value is -3.89. The molecule has 2 aliphatic rings. The molecule has 0 radical (unpaired) electrons. The number of rotatable bonds is 9. The number of ether oxygens (including phenoxy) is 2. The highest BCUT2D eigenvalue weighted by Crippen LogP contribution is 2.34. The SMILES string of the molecule is Cc1cc(C(=O)O)cc2c1nc([C@H](C)N1CCC(c3cccc(OCc4cc(F)ccc4F)n3)CC1)n2CC1CCO1. The third-order valence-corrected chi connectivity index (χ3v) is 8.50. The second kappa shape index (κ2) is 11.8. The highest BCUT2D eigenvalue weighted by molar-refractivity contribution is 5.94. The Bertz CT molecular complexity index is 1610. The van der Waals surface area contributed by atoms with Crippen LogP contribution in [0.15, 0.2) is 48.5 Å². The van der Waals surface area contributed by atoms with Crippen molar-refractivity contribution in [3.8, 4) is 5.88 Å². The molecule has 2 aliphatic heterocycles. The molecule has 2 aromatic heterocycles. The van der Waals surface area contributed by atoms with E-state index in [0.717, 1.165) is 85.3 Å². The van der Waals surface area contributed by atoms with Crippen LogP contribution in [-0.2, 0) is 17.9 Å². The van der Waals surface area contributed by atoms with Gasteiger partial charge in [-0.15, -0.1) is 0 Å². The lowest BCUT2D eigenvalue weighted by molar-refractivity contribution is -0.0594. The molecule has 2 saturated heterocycles. The maximum Gasteiger partial charge on any atom is 0.335 e. The molecule has 42 heavy (non-hydrogen) atoms. The first-order valence-electron chi connectivity index (χ1n) is 14.4. The summed E-state index contributed by atoms with van der Waals surface area (Å²) in [5, 5.41) is 9.65. The minimum absolute atomic E-state index is 0.0231. The molecule has 6 rings (SSSR count). The zero-order valence-corrected chi connectivity index (χ0v) is 23.7. The van der Waals surface area contributed by atoms with Gasteiger partial charge in [-0.05, 0) is 88.2 Å². The normalized spacial score (nSPS) is 18.6. The molecule has 1 N–H and O–H groups in total. The summed E-state index contributed by atoms with van der Waals surface area (Å²) in [5.41, 5.74) is 3.84. The number of likely N-dealkylation sites (tertiary alicyclic amines) is 1. The molecule has 0 amide bonds. The summed E-state index contributed by atoms with van der Waals surface area (Å²) < 4.78 is 41.1. The van der Waals surface area contributed by atoms with Crippen LogP contribution in [-0.4, -0.2) is 56.3 Å². The van der Waals surface area contributed by atoms with E-state index in [1.165, 1.54) is 0 Å². The smallest absolute Gasteiger partial charge is 0.335 e. The van der Waals surface area contributed by atoms with E-state index in [2.05, 4.69) is 21.4 Å². The Morgan fingerprint density at radius 2 is 1.90 bits per heavy atom. The number of piperidine rings is 1. The summed E-state index contributed by atoms with van der Waals surface area (Å²) in [7, 11) is 0. The van der Waals surface area contributed by atoms with Crippen molar-refractivity contribution in [1.29, 1.82) is 0 Å². The van der Waals surface area contributed by atoms with Crippen LogP contribution in [0.1, 0.15) is 71.1 Å². The molecule has 0 saturated carbocycles. The first kappa shape index (κ1) is 28.2. The summed E-state index contributed by atoms with van der Waals surface area (Å²) in [5.74, 6) is -0.429. The summed E-state index contributed by atoms with van der Waals surface area (Å²) in [6.45, 7) is 7.04. The number of aryl methyl sites for hydroxylation is 1. The molecule has 1 unspecified atom stereocenters. The quantitative estimate of drug-likeness (QED) is 0.260. The largest absolute Gasteiger partial charge is 0.478 e. The van der Waals surface area contributed by atoms with Gasteiger partial charge >= 0.3 is 5.97 Å². The number of aromatic nitrogens is 3. The number of hydrogen-bond acceptors (Lipinski definition) is 6. The van der Waals surface area contributed by atoms with E-state index in [1.807, 2.05) is 19.1 Å². The molecule has 4 aromatic rings. The molecule has 0 spiro atoms. The molecule has 2 fully saturated rings. The fourth-order valence-electron chi connectivity index (χ4n) is 5.97. The average Bonchev–Trinajstić information content (AvgIpc) is 3.34. The predicted molar refractivity (Wildman–Crippen MR) is 153 cm³/mol. The Kier molecular flexibility index (Phi) is 7.92. The summed E-state index contributed by atoms with van der Waals surface area (Å²) in [4.78, 5) is 23.9. The number of hydrogen-bond donors (Lipinski definition) is 1. The van der Waals surface area contributed by atoms with Crippen LogP contribution in [0.4, 0.5) is 8.78 Å². The van der Waals surface area contributed by atoms with Gasteiger partial charge in [-0.25, -0.2) is 23.5 Å². The number of halogens is 2. The number of imidazole rings is 1. The molecule has 2 aromatic carbocycles. The highest BCUT2D eigenvalue weighted by Gasteiger charge is 2.30. The number of carbonyl (C=O) groups is 1. The molecule has 220 valence electrons. The van der Waals surface area contributed by atoms with Gasteiger partial charge in [0.15, 0.2) is 0 Å². The zero-order valence-electron chi connectivity index (χ0n) is 23.7. The number of benzene rings is 2.